The molecule has 60 heavy (non-hydrogen) atoms. The predicted molar refractivity (Wildman–Crippen MR) is 235 cm³/mol. The van der Waals surface area contributed by atoms with E-state index < -0.39 is 11.8 Å². The van der Waals surface area contributed by atoms with Gasteiger partial charge in [-0.25, -0.2) is 0 Å². The Balaban J connectivity index is 1.42. The van der Waals surface area contributed by atoms with Crippen LogP contribution >= 0.6 is 0 Å². The van der Waals surface area contributed by atoms with Crippen LogP contribution in [0, 0.1) is 0 Å². The molecule has 0 aliphatic heterocycles. The van der Waals surface area contributed by atoms with E-state index >= 15 is 0 Å². The maximum absolute atomic E-state index is 13.4. The van der Waals surface area contributed by atoms with E-state index in [0.717, 1.165) is 25.9 Å². The summed E-state index contributed by atoms with van der Waals surface area (Å²) in [4.78, 5) is 57.3. The summed E-state index contributed by atoms with van der Waals surface area (Å²) in [6.45, 7) is 3.01. The average molecular weight is 827 g/mol. The summed E-state index contributed by atoms with van der Waals surface area (Å²) >= 11 is 0. The minimum Gasteiger partial charge on any atom is -0.496 e. The largest absolute Gasteiger partial charge is 0.496 e. The Labute approximate surface area is 351 Å². The van der Waals surface area contributed by atoms with Gasteiger partial charge >= 0.3 is 0 Å². The molecule has 0 aromatic heterocycles. The smallest absolute Gasteiger partial charge is 0.259 e. The molecule has 0 aliphatic carbocycles. The number of nitrogen functional groups attached to an aromatic ring is 2. The zero-order valence-corrected chi connectivity index (χ0v) is 35.3. The molecule has 16 nitrogen and oxygen atoms in total. The molecule has 4 rings (SSSR count). The lowest BCUT2D eigenvalue weighted by atomic mass is 10.1. The van der Waals surface area contributed by atoms with Gasteiger partial charge in [-0.2, -0.15) is 0 Å². The fraction of sp³-hybridized carbons (Fsp3) is 0.364. The van der Waals surface area contributed by atoms with Crippen molar-refractivity contribution in [1.29, 1.82) is 0 Å². The van der Waals surface area contributed by atoms with Crippen molar-refractivity contribution in [1.82, 2.24) is 20.4 Å². The van der Waals surface area contributed by atoms with Gasteiger partial charge < -0.3 is 61.5 Å². The number of unbranched alkanes of at least 4 members (excludes halogenated alkanes) is 1. The SMILES string of the molecule is COc1ccc(N)cc1C(=O)Nc1ccc(OCCCCOc2ccc(NC(=O)c3cc(N)ccc3OC)cc2C(=O)NCCCN(C)C)c(C(=O)NCCCN(C)C)c1. The molecule has 0 fully saturated rings. The van der Waals surface area contributed by atoms with E-state index in [1.165, 1.54) is 26.4 Å². The molecule has 4 amide bonds. The lowest BCUT2D eigenvalue weighted by Gasteiger charge is -2.16. The number of nitrogens with two attached hydrogens (primary N) is 2. The topological polar surface area (TPSA) is 212 Å². The average Bonchev–Trinajstić information content (AvgIpc) is 3.22. The van der Waals surface area contributed by atoms with Gasteiger partial charge in [-0.15, -0.1) is 0 Å². The van der Waals surface area contributed by atoms with Crippen molar-refractivity contribution in [3.8, 4) is 23.0 Å². The van der Waals surface area contributed by atoms with Crippen molar-refractivity contribution >= 4 is 46.4 Å². The van der Waals surface area contributed by atoms with Gasteiger partial charge in [0.2, 0.25) is 0 Å². The molecule has 16 heteroatoms. The lowest BCUT2D eigenvalue weighted by Crippen LogP contribution is -2.28. The highest BCUT2D eigenvalue weighted by Gasteiger charge is 2.19. The number of amides is 4. The van der Waals surface area contributed by atoms with Gasteiger partial charge in [-0.1, -0.05) is 0 Å². The number of carbonyl (C=O) groups excluding carboxylic acids is 4. The summed E-state index contributed by atoms with van der Waals surface area (Å²) in [5.74, 6) is -0.175. The maximum Gasteiger partial charge on any atom is 0.259 e. The Morgan fingerprint density at radius 3 is 1.23 bits per heavy atom. The normalized spacial score (nSPS) is 10.9. The predicted octanol–water partition coefficient (Wildman–Crippen LogP) is 4.97. The molecule has 0 heterocycles. The van der Waals surface area contributed by atoms with E-state index in [-0.39, 0.29) is 47.3 Å². The second-order valence-electron chi connectivity index (χ2n) is 14.5. The fourth-order valence-electron chi connectivity index (χ4n) is 5.98. The van der Waals surface area contributed by atoms with Crippen LogP contribution in [0.1, 0.15) is 67.1 Å². The highest BCUT2D eigenvalue weighted by Crippen LogP contribution is 2.28. The molecule has 4 aromatic rings. The Kier molecular flexibility index (Phi) is 17.8. The highest BCUT2D eigenvalue weighted by atomic mass is 16.5. The Morgan fingerprint density at radius 1 is 0.500 bits per heavy atom. The van der Waals surface area contributed by atoms with Crippen molar-refractivity contribution in [2.24, 2.45) is 0 Å². The number of anilines is 4. The Morgan fingerprint density at radius 2 is 0.867 bits per heavy atom. The van der Waals surface area contributed by atoms with Crippen molar-refractivity contribution in [3.05, 3.63) is 95.1 Å². The van der Waals surface area contributed by atoms with Crippen LogP contribution in [0.15, 0.2) is 72.8 Å². The van der Waals surface area contributed by atoms with Crippen LogP contribution in [0.3, 0.4) is 0 Å². The van der Waals surface area contributed by atoms with Crippen LogP contribution in [0.5, 0.6) is 23.0 Å². The number of ether oxygens (including phenoxy) is 4. The summed E-state index contributed by atoms with van der Waals surface area (Å²) in [6.07, 6.45) is 2.60. The first kappa shape index (κ1) is 46.2. The third kappa shape index (κ3) is 14.1. The monoisotopic (exact) mass is 826 g/mol. The number of methoxy groups -OCH3 is 2. The van der Waals surface area contributed by atoms with Gasteiger partial charge in [0.25, 0.3) is 23.6 Å². The maximum atomic E-state index is 13.4. The number of carbonyl (C=O) groups is 4. The van der Waals surface area contributed by atoms with E-state index in [1.54, 1.807) is 60.7 Å². The van der Waals surface area contributed by atoms with Gasteiger partial charge in [-0.05, 0) is 140 Å². The molecule has 0 radical (unpaired) electrons. The molecule has 4 aromatic carbocycles. The van der Waals surface area contributed by atoms with Gasteiger partial charge in [0.1, 0.15) is 23.0 Å². The number of nitrogens with one attached hydrogen (secondary N) is 4. The van der Waals surface area contributed by atoms with E-state index in [0.29, 0.717) is 71.7 Å². The summed E-state index contributed by atoms with van der Waals surface area (Å²) in [5, 5.41) is 11.5. The molecular formula is C44H58N8O8. The second kappa shape index (κ2) is 23.2. The summed E-state index contributed by atoms with van der Waals surface area (Å²) < 4.78 is 22.9. The quantitative estimate of drug-likeness (QED) is 0.0432. The molecule has 0 spiro atoms. The molecule has 0 bridgehead atoms. The summed E-state index contributed by atoms with van der Waals surface area (Å²) in [5.41, 5.74) is 14.4. The number of hydrogen-bond donors (Lipinski definition) is 6. The minimum atomic E-state index is -0.451. The summed E-state index contributed by atoms with van der Waals surface area (Å²) in [6, 6.07) is 19.3. The molecule has 8 N–H and O–H groups in total. The second-order valence-corrected chi connectivity index (χ2v) is 14.5. The van der Waals surface area contributed by atoms with Crippen molar-refractivity contribution in [2.45, 2.75) is 25.7 Å². The van der Waals surface area contributed by atoms with Crippen LogP contribution < -0.4 is 51.7 Å². The van der Waals surface area contributed by atoms with Crippen LogP contribution in [-0.2, 0) is 0 Å². The molecule has 0 aliphatic rings. The van der Waals surface area contributed by atoms with Crippen molar-refractivity contribution in [3.63, 3.8) is 0 Å². The molecular weight excluding hydrogens is 769 g/mol. The lowest BCUT2D eigenvalue weighted by molar-refractivity contribution is 0.0938. The highest BCUT2D eigenvalue weighted by molar-refractivity contribution is 6.08. The minimum absolute atomic E-state index is 0.250. The van der Waals surface area contributed by atoms with Gasteiger partial charge in [-0.3, -0.25) is 19.2 Å². The van der Waals surface area contributed by atoms with Gasteiger partial charge in [0, 0.05) is 35.8 Å². The third-order valence-electron chi connectivity index (χ3n) is 9.09. The Bertz CT molecular complexity index is 1940. The van der Waals surface area contributed by atoms with Crippen LogP contribution in [0.4, 0.5) is 22.7 Å². The first-order valence-corrected chi connectivity index (χ1v) is 19.7. The first-order valence-electron chi connectivity index (χ1n) is 19.7. The number of nitrogens with zero attached hydrogens (tertiary/aromatic N) is 2. The van der Waals surface area contributed by atoms with Gasteiger partial charge in [0.15, 0.2) is 0 Å². The fourth-order valence-corrected chi connectivity index (χ4v) is 5.98. The first-order chi connectivity index (χ1) is 28.8. The van der Waals surface area contributed by atoms with Crippen LogP contribution in [0.25, 0.3) is 0 Å². The van der Waals surface area contributed by atoms with Gasteiger partial charge in [0.05, 0.1) is 49.7 Å². The third-order valence-corrected chi connectivity index (χ3v) is 9.09. The van der Waals surface area contributed by atoms with E-state index in [9.17, 15) is 19.2 Å². The van der Waals surface area contributed by atoms with E-state index in [4.69, 9.17) is 30.4 Å². The Hall–Kier alpha value is -6.52. The molecule has 322 valence electrons. The standard InChI is InChI=1S/C44H58N8O8/c1-51(2)21-9-19-47-41(53)35-27-31(49-43(55)33-25-29(45)11-15-37(33)57-5)13-17-39(35)59-23-7-8-24-60-40-18-14-32(28-36(40)42(54)48-20-10-22-52(3)4)50-44(56)34-26-30(46)12-16-38(34)58-6/h11-18,25-28H,7-10,19-24,45-46H2,1-6H3,(H,47,53)(H,48,54)(H,49,55)(H,50,56). The summed E-state index contributed by atoms with van der Waals surface area (Å²) in [7, 11) is 10.8. The van der Waals surface area contributed by atoms with E-state index in [2.05, 4.69) is 21.3 Å². The zero-order chi connectivity index (χ0) is 43.6. The zero-order valence-electron chi connectivity index (χ0n) is 35.3. The van der Waals surface area contributed by atoms with E-state index in [1.807, 2.05) is 38.0 Å². The van der Waals surface area contributed by atoms with Crippen molar-refractivity contribution < 1.29 is 38.1 Å². The number of hydrogen-bond acceptors (Lipinski definition) is 12. The number of rotatable bonds is 23. The molecule has 0 saturated carbocycles. The molecule has 0 unspecified atom stereocenters. The molecule has 0 atom stereocenters. The number of benzene rings is 4. The molecule has 0 saturated heterocycles. The van der Waals surface area contributed by atoms with Crippen LogP contribution in [0.2, 0.25) is 0 Å². The van der Waals surface area contributed by atoms with Crippen molar-refractivity contribution in [2.75, 3.05) is 104 Å². The van der Waals surface area contributed by atoms with Crippen LogP contribution in [-0.4, -0.2) is 115 Å².